The van der Waals surface area contributed by atoms with Gasteiger partial charge in [0.15, 0.2) is 0 Å². The van der Waals surface area contributed by atoms with Crippen molar-refractivity contribution in [1.29, 1.82) is 0 Å². The van der Waals surface area contributed by atoms with Gasteiger partial charge in [0.2, 0.25) is 11.8 Å². The smallest absolute Gasteiger partial charge is 0.366 e. The lowest BCUT2D eigenvalue weighted by Gasteiger charge is -2.37. The highest BCUT2D eigenvalue weighted by atomic mass is 19.4. The third-order valence-corrected chi connectivity index (χ3v) is 5.43. The summed E-state index contributed by atoms with van der Waals surface area (Å²) in [6, 6.07) is 11.4. The first kappa shape index (κ1) is 22.8. The summed E-state index contributed by atoms with van der Waals surface area (Å²) >= 11 is 0. The summed E-state index contributed by atoms with van der Waals surface area (Å²) in [6.45, 7) is 4.82. The Balaban J connectivity index is 1.50. The Morgan fingerprint density at radius 3 is 2.29 bits per heavy atom. The lowest BCUT2D eigenvalue weighted by molar-refractivity contribution is -0.137. The van der Waals surface area contributed by atoms with Crippen molar-refractivity contribution in [3.63, 3.8) is 0 Å². The summed E-state index contributed by atoms with van der Waals surface area (Å²) in [5, 5.41) is 2.82. The largest absolute Gasteiger partial charge is 0.416 e. The van der Waals surface area contributed by atoms with Gasteiger partial charge >= 0.3 is 6.18 Å². The topological polar surface area (TPSA) is 78.7 Å². The Morgan fingerprint density at radius 2 is 1.71 bits per heavy atom. The maximum atomic E-state index is 12.9. The second kappa shape index (κ2) is 9.49. The van der Waals surface area contributed by atoms with E-state index in [1.165, 1.54) is 12.1 Å². The van der Waals surface area contributed by atoms with Gasteiger partial charge in [0.25, 0.3) is 0 Å². The number of carbonyl (C=O) groups is 2. The van der Waals surface area contributed by atoms with E-state index in [0.717, 1.165) is 6.07 Å². The minimum absolute atomic E-state index is 0.168. The summed E-state index contributed by atoms with van der Waals surface area (Å²) in [5.74, 6) is -0.701. The second-order valence-electron chi connectivity index (χ2n) is 7.62. The van der Waals surface area contributed by atoms with Gasteiger partial charge in [-0.3, -0.25) is 19.4 Å². The zero-order chi connectivity index (χ0) is 22.6. The van der Waals surface area contributed by atoms with Crippen LogP contribution in [0.3, 0.4) is 0 Å². The molecule has 0 aromatic heterocycles. The predicted octanol–water partition coefficient (Wildman–Crippen LogP) is 2.95. The number of piperazine rings is 1. The number of nitrogens with one attached hydrogen (secondary N) is 1. The van der Waals surface area contributed by atoms with E-state index < -0.39 is 17.6 Å². The van der Waals surface area contributed by atoms with Gasteiger partial charge in [-0.2, -0.15) is 13.2 Å². The number of nitrogens with zero attached hydrogens (tertiary/aromatic N) is 2. The van der Waals surface area contributed by atoms with Crippen LogP contribution < -0.4 is 11.1 Å². The lowest BCUT2D eigenvalue weighted by Crippen LogP contribution is -2.52. The van der Waals surface area contributed by atoms with Gasteiger partial charge < -0.3 is 11.1 Å². The number of carbonyl (C=O) groups excluding carboxylic acids is 2. The molecular weight excluding hydrogens is 409 g/mol. The highest BCUT2D eigenvalue weighted by Crippen LogP contribution is 2.29. The van der Waals surface area contributed by atoms with E-state index in [0.29, 0.717) is 49.5 Å². The summed E-state index contributed by atoms with van der Waals surface area (Å²) in [4.78, 5) is 27.8. The zero-order valence-electron chi connectivity index (χ0n) is 17.2. The van der Waals surface area contributed by atoms with Gasteiger partial charge in [0.05, 0.1) is 11.6 Å². The van der Waals surface area contributed by atoms with Gasteiger partial charge in [-0.05, 0) is 42.8 Å². The molecule has 1 aliphatic heterocycles. The van der Waals surface area contributed by atoms with Gasteiger partial charge in [-0.1, -0.05) is 18.2 Å². The first-order valence-corrected chi connectivity index (χ1v) is 9.97. The van der Waals surface area contributed by atoms with Crippen LogP contribution in [0.5, 0.6) is 0 Å². The van der Waals surface area contributed by atoms with E-state index in [9.17, 15) is 22.8 Å². The van der Waals surface area contributed by atoms with Crippen molar-refractivity contribution in [3.05, 3.63) is 65.2 Å². The summed E-state index contributed by atoms with van der Waals surface area (Å²) in [7, 11) is 0. The summed E-state index contributed by atoms with van der Waals surface area (Å²) < 4.78 is 38.7. The Hall–Kier alpha value is -2.91. The molecular formula is C22H25F3N4O2. The molecule has 0 saturated carbocycles. The summed E-state index contributed by atoms with van der Waals surface area (Å²) in [6.07, 6.45) is -4.35. The number of hydrogen-bond acceptors (Lipinski definition) is 4. The molecule has 0 radical (unpaired) electrons. The fraction of sp³-hybridized carbons (Fsp3) is 0.364. The maximum absolute atomic E-state index is 12.9. The molecule has 3 N–H and O–H groups in total. The quantitative estimate of drug-likeness (QED) is 0.733. The molecule has 9 heteroatoms. The number of alkyl halides is 3. The number of benzene rings is 2. The molecule has 166 valence electrons. The normalized spacial score (nSPS) is 16.6. The number of anilines is 1. The van der Waals surface area contributed by atoms with Gasteiger partial charge in [0, 0.05) is 44.0 Å². The van der Waals surface area contributed by atoms with Crippen molar-refractivity contribution in [2.45, 2.75) is 25.7 Å². The Labute approximate surface area is 178 Å². The minimum Gasteiger partial charge on any atom is -0.366 e. The zero-order valence-corrected chi connectivity index (χ0v) is 17.2. The number of nitrogens with two attached hydrogens (primary N) is 1. The Bertz CT molecular complexity index is 923. The Kier molecular flexibility index (Phi) is 6.97. The number of hydrogen-bond donors (Lipinski definition) is 2. The van der Waals surface area contributed by atoms with Crippen molar-refractivity contribution in [2.24, 2.45) is 5.73 Å². The minimum atomic E-state index is -4.35. The van der Waals surface area contributed by atoms with Gasteiger partial charge in [-0.25, -0.2) is 0 Å². The maximum Gasteiger partial charge on any atom is 0.416 e. The average Bonchev–Trinajstić information content (AvgIpc) is 2.74. The summed E-state index contributed by atoms with van der Waals surface area (Å²) in [5.41, 5.74) is 6.13. The molecule has 6 nitrogen and oxygen atoms in total. The fourth-order valence-corrected chi connectivity index (χ4v) is 3.54. The first-order valence-electron chi connectivity index (χ1n) is 9.97. The van der Waals surface area contributed by atoms with E-state index in [4.69, 9.17) is 5.73 Å². The Morgan fingerprint density at radius 1 is 1.06 bits per heavy atom. The molecule has 1 saturated heterocycles. The molecule has 2 aromatic carbocycles. The monoisotopic (exact) mass is 434 g/mol. The van der Waals surface area contributed by atoms with E-state index in [2.05, 4.69) is 10.2 Å². The molecule has 31 heavy (non-hydrogen) atoms. The average molecular weight is 434 g/mol. The van der Waals surface area contributed by atoms with E-state index >= 15 is 0 Å². The molecule has 0 bridgehead atoms. The highest BCUT2D eigenvalue weighted by Gasteiger charge is 2.31. The molecule has 2 amide bonds. The molecule has 0 aliphatic carbocycles. The molecule has 1 atom stereocenters. The molecule has 1 heterocycles. The van der Waals surface area contributed by atoms with Gasteiger partial charge in [-0.15, -0.1) is 0 Å². The highest BCUT2D eigenvalue weighted by molar-refractivity contribution is 5.96. The molecule has 1 unspecified atom stereocenters. The molecule has 3 rings (SSSR count). The van der Waals surface area contributed by atoms with Crippen molar-refractivity contribution in [1.82, 2.24) is 9.80 Å². The van der Waals surface area contributed by atoms with Crippen LogP contribution in [-0.2, 0) is 17.5 Å². The number of amides is 2. The third kappa shape index (κ3) is 6.05. The van der Waals surface area contributed by atoms with Crippen LogP contribution in [0.2, 0.25) is 0 Å². The van der Waals surface area contributed by atoms with Gasteiger partial charge in [0.1, 0.15) is 0 Å². The van der Waals surface area contributed by atoms with Crippen molar-refractivity contribution in [3.8, 4) is 0 Å². The second-order valence-corrected chi connectivity index (χ2v) is 7.62. The molecule has 0 spiro atoms. The fourth-order valence-electron chi connectivity index (χ4n) is 3.54. The lowest BCUT2D eigenvalue weighted by atomic mass is 10.1. The molecule has 1 aliphatic rings. The SMILES string of the molecule is CC(C(=O)Nc1ccc(C(N)=O)cc1)N1CCN(Cc2cccc(C(F)(F)F)c2)CC1. The van der Waals surface area contributed by atoms with Crippen molar-refractivity contribution in [2.75, 3.05) is 31.5 Å². The van der Waals surface area contributed by atoms with E-state index in [-0.39, 0.29) is 11.9 Å². The number of rotatable bonds is 6. The van der Waals surface area contributed by atoms with Crippen LogP contribution in [0.15, 0.2) is 48.5 Å². The van der Waals surface area contributed by atoms with E-state index in [1.807, 2.05) is 11.8 Å². The van der Waals surface area contributed by atoms with E-state index in [1.54, 1.807) is 30.3 Å². The van der Waals surface area contributed by atoms with Crippen LogP contribution in [-0.4, -0.2) is 53.8 Å². The first-order chi connectivity index (χ1) is 14.6. The van der Waals surface area contributed by atoms with Crippen LogP contribution in [0.4, 0.5) is 18.9 Å². The van der Waals surface area contributed by atoms with Crippen LogP contribution in [0.25, 0.3) is 0 Å². The standard InChI is InChI=1S/C22H25F3N4O2/c1-15(21(31)27-19-7-5-17(6-8-19)20(26)30)29-11-9-28(10-12-29)14-16-3-2-4-18(13-16)22(23,24)25/h2-8,13,15H,9-12,14H2,1H3,(H2,26,30)(H,27,31). The number of primary amides is 1. The third-order valence-electron chi connectivity index (χ3n) is 5.43. The van der Waals surface area contributed by atoms with Crippen molar-refractivity contribution >= 4 is 17.5 Å². The molecule has 2 aromatic rings. The van der Waals surface area contributed by atoms with Crippen LogP contribution in [0.1, 0.15) is 28.4 Å². The predicted molar refractivity (Wildman–Crippen MR) is 111 cm³/mol. The number of halogens is 3. The van der Waals surface area contributed by atoms with Crippen LogP contribution in [0, 0.1) is 0 Å². The van der Waals surface area contributed by atoms with Crippen LogP contribution >= 0.6 is 0 Å². The van der Waals surface area contributed by atoms with Crippen molar-refractivity contribution < 1.29 is 22.8 Å². The molecule has 1 fully saturated rings.